The SMILES string of the molecule is CCOC(=O)C1=NN(c2ccc(Br)cc2)[C@H]2C(=O)N(c3ccc(Br)cc3)C(=O)[C@@H]12. The normalized spacial score (nSPS) is 20.7. The molecule has 2 aromatic rings. The van der Waals surface area contributed by atoms with Crippen LogP contribution < -0.4 is 9.91 Å². The van der Waals surface area contributed by atoms with Crippen molar-refractivity contribution >= 4 is 66.7 Å². The van der Waals surface area contributed by atoms with Gasteiger partial charge in [0.05, 0.1) is 18.0 Å². The number of nitrogens with zero attached hydrogens (tertiary/aromatic N) is 3. The van der Waals surface area contributed by atoms with E-state index in [2.05, 4.69) is 37.0 Å². The van der Waals surface area contributed by atoms with Gasteiger partial charge in [0.15, 0.2) is 5.71 Å². The largest absolute Gasteiger partial charge is 0.461 e. The van der Waals surface area contributed by atoms with E-state index in [4.69, 9.17) is 4.74 Å². The predicted octanol–water partition coefficient (Wildman–Crippen LogP) is 3.51. The first-order valence-corrected chi connectivity index (χ1v) is 10.4. The molecule has 0 radical (unpaired) electrons. The molecule has 148 valence electrons. The molecule has 2 amide bonds. The van der Waals surface area contributed by atoms with Crippen molar-refractivity contribution in [1.29, 1.82) is 0 Å². The Kier molecular flexibility index (Phi) is 5.26. The summed E-state index contributed by atoms with van der Waals surface area (Å²) >= 11 is 6.72. The Morgan fingerprint density at radius 3 is 2.07 bits per heavy atom. The van der Waals surface area contributed by atoms with Crippen LogP contribution in [0.15, 0.2) is 62.6 Å². The summed E-state index contributed by atoms with van der Waals surface area (Å²) < 4.78 is 6.77. The van der Waals surface area contributed by atoms with Crippen LogP contribution >= 0.6 is 31.9 Å². The maximum atomic E-state index is 13.3. The Labute approximate surface area is 183 Å². The molecule has 2 atom stereocenters. The van der Waals surface area contributed by atoms with Crippen molar-refractivity contribution in [2.24, 2.45) is 11.0 Å². The van der Waals surface area contributed by atoms with Crippen LogP contribution in [0.4, 0.5) is 11.4 Å². The Bertz CT molecular complexity index is 1020. The molecule has 0 saturated carbocycles. The first-order valence-electron chi connectivity index (χ1n) is 8.86. The third-order valence-electron chi connectivity index (χ3n) is 4.71. The molecule has 7 nitrogen and oxygen atoms in total. The number of carbonyl (C=O) groups excluding carboxylic acids is 3. The average Bonchev–Trinajstić information content (AvgIpc) is 3.21. The maximum absolute atomic E-state index is 13.3. The zero-order valence-corrected chi connectivity index (χ0v) is 18.4. The standard InChI is InChI=1S/C20H15Br2N3O4/c1-2-29-20(28)16-15-17(25(23-16)14-9-5-12(22)6-10-14)19(27)24(18(15)26)13-7-3-11(21)4-8-13/h3-10,15,17H,2H2,1H3/t15-,17+/m0/s1. The van der Waals surface area contributed by atoms with E-state index >= 15 is 0 Å². The van der Waals surface area contributed by atoms with E-state index in [-0.39, 0.29) is 12.3 Å². The van der Waals surface area contributed by atoms with Crippen LogP contribution in [0.1, 0.15) is 6.92 Å². The van der Waals surface area contributed by atoms with Gasteiger partial charge in [-0.1, -0.05) is 31.9 Å². The van der Waals surface area contributed by atoms with E-state index in [1.165, 1.54) is 5.01 Å². The van der Waals surface area contributed by atoms with Gasteiger partial charge in [-0.15, -0.1) is 0 Å². The topological polar surface area (TPSA) is 79.3 Å². The number of hydrazone groups is 1. The number of halogens is 2. The Hall–Kier alpha value is -2.52. The lowest BCUT2D eigenvalue weighted by atomic mass is 9.98. The molecule has 1 saturated heterocycles. The lowest BCUT2D eigenvalue weighted by molar-refractivity contribution is -0.136. The highest BCUT2D eigenvalue weighted by molar-refractivity contribution is 9.10. The summed E-state index contributed by atoms with van der Waals surface area (Å²) in [6.07, 6.45) is 0. The van der Waals surface area contributed by atoms with Gasteiger partial charge in [0.2, 0.25) is 5.91 Å². The van der Waals surface area contributed by atoms with Gasteiger partial charge in [0, 0.05) is 8.95 Å². The molecule has 9 heteroatoms. The highest BCUT2D eigenvalue weighted by Crippen LogP contribution is 2.38. The molecular formula is C20H15Br2N3O4. The third kappa shape index (κ3) is 3.38. The van der Waals surface area contributed by atoms with Crippen molar-refractivity contribution in [3.63, 3.8) is 0 Å². The number of hydrogen-bond acceptors (Lipinski definition) is 6. The van der Waals surface area contributed by atoms with Crippen molar-refractivity contribution in [2.75, 3.05) is 16.5 Å². The highest BCUT2D eigenvalue weighted by Gasteiger charge is 2.59. The van der Waals surface area contributed by atoms with Gasteiger partial charge in [0.25, 0.3) is 5.91 Å². The zero-order valence-electron chi connectivity index (χ0n) is 15.2. The summed E-state index contributed by atoms with van der Waals surface area (Å²) in [5, 5.41) is 5.75. The van der Waals surface area contributed by atoms with Crippen molar-refractivity contribution < 1.29 is 19.1 Å². The summed E-state index contributed by atoms with van der Waals surface area (Å²) in [5.41, 5.74) is 0.982. The van der Waals surface area contributed by atoms with Crippen LogP contribution in [0.2, 0.25) is 0 Å². The monoisotopic (exact) mass is 519 g/mol. The number of esters is 1. The minimum Gasteiger partial charge on any atom is -0.461 e. The summed E-state index contributed by atoms with van der Waals surface area (Å²) in [7, 11) is 0. The lowest BCUT2D eigenvalue weighted by Gasteiger charge is -2.22. The molecule has 0 aliphatic carbocycles. The molecule has 2 aliphatic heterocycles. The molecule has 4 rings (SSSR count). The summed E-state index contributed by atoms with van der Waals surface area (Å²) in [4.78, 5) is 40.1. The minimum absolute atomic E-state index is 0.0577. The first-order chi connectivity index (χ1) is 13.9. The number of benzene rings is 2. The molecule has 0 spiro atoms. The van der Waals surface area contributed by atoms with Crippen LogP contribution in [0, 0.1) is 5.92 Å². The molecule has 0 unspecified atom stereocenters. The smallest absolute Gasteiger partial charge is 0.355 e. The molecule has 2 aliphatic rings. The van der Waals surface area contributed by atoms with Crippen LogP contribution in [-0.4, -0.2) is 36.1 Å². The maximum Gasteiger partial charge on any atom is 0.355 e. The Morgan fingerprint density at radius 2 is 1.52 bits per heavy atom. The fourth-order valence-electron chi connectivity index (χ4n) is 3.44. The highest BCUT2D eigenvalue weighted by atomic mass is 79.9. The quantitative estimate of drug-likeness (QED) is 0.455. The van der Waals surface area contributed by atoms with Gasteiger partial charge >= 0.3 is 5.97 Å². The van der Waals surface area contributed by atoms with Gasteiger partial charge in [-0.2, -0.15) is 5.10 Å². The van der Waals surface area contributed by atoms with Crippen LogP contribution in [0.5, 0.6) is 0 Å². The fraction of sp³-hybridized carbons (Fsp3) is 0.200. The van der Waals surface area contributed by atoms with E-state index in [9.17, 15) is 14.4 Å². The molecule has 1 fully saturated rings. The number of fused-ring (bicyclic) bond motifs is 1. The van der Waals surface area contributed by atoms with Gasteiger partial charge in [-0.3, -0.25) is 14.6 Å². The van der Waals surface area contributed by atoms with Crippen LogP contribution in [0.3, 0.4) is 0 Å². The summed E-state index contributed by atoms with van der Waals surface area (Å²) in [6, 6.07) is 13.0. The number of anilines is 2. The molecule has 2 heterocycles. The van der Waals surface area contributed by atoms with E-state index in [0.717, 1.165) is 13.8 Å². The molecule has 0 aromatic heterocycles. The van der Waals surface area contributed by atoms with Gasteiger partial charge in [0.1, 0.15) is 12.0 Å². The van der Waals surface area contributed by atoms with Crippen molar-refractivity contribution in [3.8, 4) is 0 Å². The molecule has 0 N–H and O–H groups in total. The van der Waals surface area contributed by atoms with Crippen LogP contribution in [-0.2, 0) is 19.1 Å². The Morgan fingerprint density at radius 1 is 0.966 bits per heavy atom. The average molecular weight is 521 g/mol. The third-order valence-corrected chi connectivity index (χ3v) is 5.77. The summed E-state index contributed by atoms with van der Waals surface area (Å²) in [6.45, 7) is 1.82. The zero-order chi connectivity index (χ0) is 20.7. The van der Waals surface area contributed by atoms with E-state index < -0.39 is 29.7 Å². The van der Waals surface area contributed by atoms with Gasteiger partial charge in [-0.05, 0) is 55.5 Å². The predicted molar refractivity (Wildman–Crippen MR) is 115 cm³/mol. The molecule has 2 aromatic carbocycles. The second kappa shape index (κ2) is 7.72. The number of hydrogen-bond donors (Lipinski definition) is 0. The fourth-order valence-corrected chi connectivity index (χ4v) is 3.97. The van der Waals surface area contributed by atoms with Gasteiger partial charge < -0.3 is 4.74 Å². The van der Waals surface area contributed by atoms with E-state index in [1.807, 2.05) is 0 Å². The minimum atomic E-state index is -1.02. The molecule has 29 heavy (non-hydrogen) atoms. The van der Waals surface area contributed by atoms with Crippen molar-refractivity contribution in [1.82, 2.24) is 0 Å². The number of ether oxygens (including phenoxy) is 1. The number of amides is 2. The first kappa shape index (κ1) is 19.8. The lowest BCUT2D eigenvalue weighted by Crippen LogP contribution is -2.39. The second-order valence-corrected chi connectivity index (χ2v) is 8.27. The van der Waals surface area contributed by atoms with Crippen LogP contribution in [0.25, 0.3) is 0 Å². The summed E-state index contributed by atoms with van der Waals surface area (Å²) in [5.74, 6) is -2.64. The number of rotatable bonds is 4. The second-order valence-electron chi connectivity index (χ2n) is 6.44. The number of imide groups is 1. The molecule has 0 bridgehead atoms. The van der Waals surface area contributed by atoms with Crippen molar-refractivity contribution in [2.45, 2.75) is 13.0 Å². The van der Waals surface area contributed by atoms with E-state index in [0.29, 0.717) is 11.4 Å². The Balaban J connectivity index is 1.78. The number of carbonyl (C=O) groups is 3. The molecular weight excluding hydrogens is 506 g/mol. The van der Waals surface area contributed by atoms with Gasteiger partial charge in [-0.25, -0.2) is 9.69 Å². The van der Waals surface area contributed by atoms with E-state index in [1.54, 1.807) is 55.5 Å². The van der Waals surface area contributed by atoms with Crippen molar-refractivity contribution in [3.05, 3.63) is 57.5 Å².